The van der Waals surface area contributed by atoms with E-state index in [4.69, 9.17) is 15.0 Å². The van der Waals surface area contributed by atoms with Crippen LogP contribution in [0.15, 0.2) is 51.9 Å². The van der Waals surface area contributed by atoms with Crippen LogP contribution in [-0.4, -0.2) is 59.9 Å². The number of aromatic hydroxyl groups is 1. The van der Waals surface area contributed by atoms with Crippen LogP contribution >= 0.6 is 0 Å². The molecule has 3 N–H and O–H groups in total. The third-order valence-corrected chi connectivity index (χ3v) is 7.97. The molecule has 3 aromatic rings. The Labute approximate surface area is 221 Å². The van der Waals surface area contributed by atoms with E-state index < -0.39 is 28.0 Å². The van der Waals surface area contributed by atoms with Crippen molar-refractivity contribution in [2.75, 3.05) is 19.7 Å². The number of hydrogen-bond donors (Lipinski definition) is 2. The van der Waals surface area contributed by atoms with Gasteiger partial charge in [-0.15, -0.1) is 13.2 Å². The number of aryl methyl sites for hydroxylation is 1. The molecule has 11 nitrogen and oxygen atoms in total. The monoisotopic (exact) mass is 570 g/mol. The maximum Gasteiger partial charge on any atom is 0.573 e. The normalized spacial score (nSPS) is 15.3. The van der Waals surface area contributed by atoms with Gasteiger partial charge in [0.05, 0.1) is 6.61 Å². The second-order valence-corrected chi connectivity index (χ2v) is 10.7. The maximum atomic E-state index is 12.9. The lowest BCUT2D eigenvalue weighted by molar-refractivity contribution is -0.274. The average molecular weight is 571 g/mol. The van der Waals surface area contributed by atoms with Crippen molar-refractivity contribution in [2.45, 2.75) is 36.9 Å². The second kappa shape index (κ2) is 11.5. The summed E-state index contributed by atoms with van der Waals surface area (Å²) in [4.78, 5) is 15.3. The smallest absolute Gasteiger partial charge is 0.506 e. The van der Waals surface area contributed by atoms with Gasteiger partial charge < -0.3 is 24.8 Å². The SMILES string of the molecule is NC(=O)C1CCN(S(=O)(=O)c2ccc(OCCCc3nc(-c4ccc(OC(F)(F)F)cc4)no3)cc2O)CC1. The van der Waals surface area contributed by atoms with Crippen LogP contribution < -0.4 is 15.2 Å². The van der Waals surface area contributed by atoms with Crippen LogP contribution in [0.25, 0.3) is 11.4 Å². The highest BCUT2D eigenvalue weighted by molar-refractivity contribution is 7.89. The van der Waals surface area contributed by atoms with Crippen LogP contribution in [0.2, 0.25) is 0 Å². The van der Waals surface area contributed by atoms with E-state index in [0.717, 1.165) is 12.1 Å². The number of hydrogen-bond acceptors (Lipinski definition) is 9. The zero-order valence-corrected chi connectivity index (χ0v) is 21.2. The summed E-state index contributed by atoms with van der Waals surface area (Å²) in [6, 6.07) is 8.93. The summed E-state index contributed by atoms with van der Waals surface area (Å²) < 4.78 is 78.5. The minimum absolute atomic E-state index is 0.128. The second-order valence-electron chi connectivity index (χ2n) is 8.75. The van der Waals surface area contributed by atoms with Crippen molar-refractivity contribution in [3.8, 4) is 28.6 Å². The van der Waals surface area contributed by atoms with E-state index in [0.29, 0.717) is 31.2 Å². The van der Waals surface area contributed by atoms with Crippen LogP contribution in [0.3, 0.4) is 0 Å². The zero-order chi connectivity index (χ0) is 28.2. The molecule has 2 aromatic carbocycles. The quantitative estimate of drug-likeness (QED) is 0.349. The first-order valence-electron chi connectivity index (χ1n) is 11.9. The van der Waals surface area contributed by atoms with E-state index in [9.17, 15) is 31.5 Å². The lowest BCUT2D eigenvalue weighted by atomic mass is 9.98. The minimum atomic E-state index is -4.78. The first-order chi connectivity index (χ1) is 18.4. The molecule has 210 valence electrons. The number of primary amides is 1. The summed E-state index contributed by atoms with van der Waals surface area (Å²) in [6.07, 6.45) is -3.37. The number of rotatable bonds is 10. The molecule has 0 aliphatic carbocycles. The number of alkyl halides is 3. The van der Waals surface area contributed by atoms with E-state index in [-0.39, 0.29) is 53.7 Å². The molecule has 4 rings (SSSR count). The highest BCUT2D eigenvalue weighted by Gasteiger charge is 2.33. The Balaban J connectivity index is 1.27. The van der Waals surface area contributed by atoms with Gasteiger partial charge in [-0.3, -0.25) is 4.79 Å². The Morgan fingerprint density at radius 3 is 2.41 bits per heavy atom. The number of halogens is 3. The predicted molar refractivity (Wildman–Crippen MR) is 129 cm³/mol. The van der Waals surface area contributed by atoms with Crippen molar-refractivity contribution in [1.29, 1.82) is 0 Å². The molecule has 1 saturated heterocycles. The molecule has 1 aliphatic rings. The van der Waals surface area contributed by atoms with Gasteiger partial charge in [-0.2, -0.15) is 9.29 Å². The van der Waals surface area contributed by atoms with E-state index in [1.165, 1.54) is 34.6 Å². The Hall–Kier alpha value is -3.85. The molecule has 39 heavy (non-hydrogen) atoms. The van der Waals surface area contributed by atoms with Crippen LogP contribution in [0.4, 0.5) is 13.2 Å². The van der Waals surface area contributed by atoms with Gasteiger partial charge in [0.15, 0.2) is 0 Å². The fourth-order valence-corrected chi connectivity index (χ4v) is 5.55. The summed E-state index contributed by atoms with van der Waals surface area (Å²) in [5.74, 6) is -0.909. The highest BCUT2D eigenvalue weighted by Crippen LogP contribution is 2.32. The Morgan fingerprint density at radius 2 is 1.79 bits per heavy atom. The number of piperidine rings is 1. The molecule has 2 heterocycles. The van der Waals surface area contributed by atoms with Gasteiger partial charge in [0.1, 0.15) is 22.1 Å². The number of nitrogens with zero attached hydrogens (tertiary/aromatic N) is 3. The number of ether oxygens (including phenoxy) is 2. The van der Waals surface area contributed by atoms with Crippen molar-refractivity contribution in [3.63, 3.8) is 0 Å². The molecule has 0 bridgehead atoms. The van der Waals surface area contributed by atoms with Gasteiger partial charge in [0.2, 0.25) is 27.6 Å². The number of benzene rings is 2. The largest absolute Gasteiger partial charge is 0.573 e. The number of amides is 1. The van der Waals surface area contributed by atoms with E-state index in [2.05, 4.69) is 14.9 Å². The molecular weight excluding hydrogens is 545 g/mol. The summed E-state index contributed by atoms with van der Waals surface area (Å²) in [7, 11) is -3.96. The lowest BCUT2D eigenvalue weighted by Gasteiger charge is -2.29. The number of carbonyl (C=O) groups excluding carboxylic acids is 1. The minimum Gasteiger partial charge on any atom is -0.506 e. The van der Waals surface area contributed by atoms with Crippen LogP contribution in [0, 0.1) is 5.92 Å². The molecular formula is C24H25F3N4O7S. The third kappa shape index (κ3) is 7.17. The number of carbonyl (C=O) groups is 1. The van der Waals surface area contributed by atoms with Crippen LogP contribution in [0.1, 0.15) is 25.2 Å². The van der Waals surface area contributed by atoms with Gasteiger partial charge in [-0.1, -0.05) is 5.16 Å². The summed E-state index contributed by atoms with van der Waals surface area (Å²) in [6.45, 7) is 0.443. The number of phenols is 1. The van der Waals surface area contributed by atoms with E-state index >= 15 is 0 Å². The van der Waals surface area contributed by atoms with E-state index in [1.807, 2.05) is 0 Å². The predicted octanol–water partition coefficient (Wildman–Crippen LogP) is 3.24. The standard InChI is InChI=1S/C24H25F3N4O7S/c25-24(26,27)37-17-5-3-16(4-6-17)23-29-21(38-30-23)2-1-13-36-18-7-8-20(19(32)14-18)39(34,35)31-11-9-15(10-12-31)22(28)33/h3-8,14-15,32H,1-2,9-13H2,(H2,28,33). The first-order valence-corrected chi connectivity index (χ1v) is 13.3. The van der Waals surface area contributed by atoms with Crippen molar-refractivity contribution in [2.24, 2.45) is 11.7 Å². The molecule has 0 unspecified atom stereocenters. The number of aromatic nitrogens is 2. The lowest BCUT2D eigenvalue weighted by Crippen LogP contribution is -2.41. The molecule has 0 atom stereocenters. The van der Waals surface area contributed by atoms with Gasteiger partial charge in [0.25, 0.3) is 0 Å². The Bertz CT molecular complexity index is 1400. The fourth-order valence-electron chi connectivity index (χ4n) is 4.02. The maximum absolute atomic E-state index is 12.9. The number of sulfonamides is 1. The summed E-state index contributed by atoms with van der Waals surface area (Å²) in [5, 5.41) is 14.2. The molecule has 1 aliphatic heterocycles. The highest BCUT2D eigenvalue weighted by atomic mass is 32.2. The molecule has 1 amide bonds. The van der Waals surface area contributed by atoms with Crippen LogP contribution in [-0.2, 0) is 21.2 Å². The molecule has 1 fully saturated rings. The van der Waals surface area contributed by atoms with E-state index in [1.54, 1.807) is 0 Å². The first kappa shape index (κ1) is 28.2. The van der Waals surface area contributed by atoms with Crippen molar-refractivity contribution >= 4 is 15.9 Å². The van der Waals surface area contributed by atoms with Crippen LogP contribution in [0.5, 0.6) is 17.2 Å². The topological polar surface area (TPSA) is 158 Å². The number of phenolic OH excluding ortho intramolecular Hbond substituents is 1. The molecule has 1 aromatic heterocycles. The number of nitrogens with two attached hydrogens (primary N) is 1. The van der Waals surface area contributed by atoms with Gasteiger partial charge >= 0.3 is 6.36 Å². The fraction of sp³-hybridized carbons (Fsp3) is 0.375. The zero-order valence-electron chi connectivity index (χ0n) is 20.4. The van der Waals surface area contributed by atoms with Gasteiger partial charge in [0, 0.05) is 37.1 Å². The van der Waals surface area contributed by atoms with Crippen molar-refractivity contribution in [1.82, 2.24) is 14.4 Å². The third-order valence-electron chi connectivity index (χ3n) is 6.02. The average Bonchev–Trinajstić information content (AvgIpc) is 3.35. The summed E-state index contributed by atoms with van der Waals surface area (Å²) >= 11 is 0. The van der Waals surface area contributed by atoms with Crippen molar-refractivity contribution in [3.05, 3.63) is 48.4 Å². The summed E-state index contributed by atoms with van der Waals surface area (Å²) in [5.41, 5.74) is 5.74. The molecule has 0 spiro atoms. The van der Waals surface area contributed by atoms with Gasteiger partial charge in [-0.05, 0) is 55.7 Å². The molecule has 0 saturated carbocycles. The van der Waals surface area contributed by atoms with Gasteiger partial charge in [-0.25, -0.2) is 8.42 Å². The van der Waals surface area contributed by atoms with Crippen molar-refractivity contribution < 1.29 is 45.5 Å². The Morgan fingerprint density at radius 1 is 1.13 bits per heavy atom. The molecule has 0 radical (unpaired) electrons. The Kier molecular flexibility index (Phi) is 8.30. The molecule has 15 heteroatoms.